The third kappa shape index (κ3) is 2.87. The van der Waals surface area contributed by atoms with Crippen LogP contribution >= 0.6 is 0 Å². The molecule has 0 aromatic heterocycles. The van der Waals surface area contributed by atoms with Crippen molar-refractivity contribution in [1.29, 1.82) is 0 Å². The second-order valence-electron chi connectivity index (χ2n) is 6.21. The SMILES string of the molecule is CC(C)=C1C=CC=CC1c1c(-c2ccccc2)ccc(O)c1C. The van der Waals surface area contributed by atoms with Crippen molar-refractivity contribution >= 4 is 0 Å². The molecule has 1 heteroatoms. The first-order chi connectivity index (χ1) is 11.1. The lowest BCUT2D eigenvalue weighted by Crippen LogP contribution is -2.06. The molecule has 0 bridgehead atoms. The van der Waals surface area contributed by atoms with Crippen molar-refractivity contribution in [3.63, 3.8) is 0 Å². The first kappa shape index (κ1) is 15.4. The molecule has 0 saturated carbocycles. The second-order valence-corrected chi connectivity index (χ2v) is 6.21. The summed E-state index contributed by atoms with van der Waals surface area (Å²) in [5.41, 5.74) is 7.12. The number of benzene rings is 2. The van der Waals surface area contributed by atoms with Gasteiger partial charge < -0.3 is 5.11 Å². The highest BCUT2D eigenvalue weighted by molar-refractivity contribution is 5.73. The molecule has 0 aliphatic heterocycles. The molecule has 0 heterocycles. The van der Waals surface area contributed by atoms with Crippen LogP contribution in [-0.4, -0.2) is 5.11 Å². The number of allylic oxidation sites excluding steroid dienone is 6. The summed E-state index contributed by atoms with van der Waals surface area (Å²) in [7, 11) is 0. The summed E-state index contributed by atoms with van der Waals surface area (Å²) in [4.78, 5) is 0. The van der Waals surface area contributed by atoms with Gasteiger partial charge in [-0.2, -0.15) is 0 Å². The molecule has 2 aromatic carbocycles. The minimum Gasteiger partial charge on any atom is -0.508 e. The van der Waals surface area contributed by atoms with Gasteiger partial charge in [0, 0.05) is 5.92 Å². The molecule has 0 fully saturated rings. The Labute approximate surface area is 138 Å². The molecule has 0 spiro atoms. The van der Waals surface area contributed by atoms with E-state index in [4.69, 9.17) is 0 Å². The van der Waals surface area contributed by atoms with Gasteiger partial charge in [0.15, 0.2) is 0 Å². The molecule has 1 aliphatic rings. The maximum absolute atomic E-state index is 10.3. The van der Waals surface area contributed by atoms with E-state index in [1.165, 1.54) is 27.8 Å². The van der Waals surface area contributed by atoms with Crippen LogP contribution in [0.4, 0.5) is 0 Å². The monoisotopic (exact) mass is 302 g/mol. The van der Waals surface area contributed by atoms with Crippen LogP contribution in [0.2, 0.25) is 0 Å². The number of rotatable bonds is 2. The highest BCUT2D eigenvalue weighted by Crippen LogP contribution is 2.41. The van der Waals surface area contributed by atoms with Gasteiger partial charge in [0.2, 0.25) is 0 Å². The van der Waals surface area contributed by atoms with Crippen LogP contribution in [0.1, 0.15) is 30.9 Å². The number of hydrogen-bond donors (Lipinski definition) is 1. The predicted molar refractivity (Wildman–Crippen MR) is 97.7 cm³/mol. The van der Waals surface area contributed by atoms with Crippen molar-refractivity contribution in [2.45, 2.75) is 26.7 Å². The van der Waals surface area contributed by atoms with Crippen molar-refractivity contribution in [3.05, 3.63) is 89.0 Å². The van der Waals surface area contributed by atoms with E-state index in [-0.39, 0.29) is 5.92 Å². The van der Waals surface area contributed by atoms with Crippen molar-refractivity contribution in [1.82, 2.24) is 0 Å². The summed E-state index contributed by atoms with van der Waals surface area (Å²) >= 11 is 0. The zero-order chi connectivity index (χ0) is 16.4. The minimum absolute atomic E-state index is 0.173. The molecule has 1 nitrogen and oxygen atoms in total. The van der Waals surface area contributed by atoms with Crippen LogP contribution in [0.3, 0.4) is 0 Å². The lowest BCUT2D eigenvalue weighted by Gasteiger charge is -2.25. The highest BCUT2D eigenvalue weighted by atomic mass is 16.3. The van der Waals surface area contributed by atoms with Crippen molar-refractivity contribution in [2.24, 2.45) is 0 Å². The number of hydrogen-bond acceptors (Lipinski definition) is 1. The van der Waals surface area contributed by atoms with Gasteiger partial charge in [-0.05, 0) is 54.7 Å². The molecule has 0 saturated heterocycles. The van der Waals surface area contributed by atoms with Gasteiger partial charge in [0.1, 0.15) is 5.75 Å². The minimum atomic E-state index is 0.173. The summed E-state index contributed by atoms with van der Waals surface area (Å²) in [6, 6.07) is 14.2. The number of phenolic OH excluding ortho intramolecular Hbond substituents is 1. The van der Waals surface area contributed by atoms with Crippen molar-refractivity contribution in [2.75, 3.05) is 0 Å². The third-order valence-electron chi connectivity index (χ3n) is 4.48. The van der Waals surface area contributed by atoms with Crippen LogP contribution in [0.25, 0.3) is 11.1 Å². The summed E-state index contributed by atoms with van der Waals surface area (Å²) in [5.74, 6) is 0.531. The maximum atomic E-state index is 10.3. The Kier molecular flexibility index (Phi) is 4.20. The van der Waals surface area contributed by atoms with E-state index in [2.05, 4.69) is 62.4 Å². The van der Waals surface area contributed by atoms with Gasteiger partial charge in [0.25, 0.3) is 0 Å². The molecule has 23 heavy (non-hydrogen) atoms. The van der Waals surface area contributed by atoms with Crippen LogP contribution < -0.4 is 0 Å². The second kappa shape index (κ2) is 6.29. The van der Waals surface area contributed by atoms with E-state index in [0.29, 0.717) is 5.75 Å². The van der Waals surface area contributed by atoms with Gasteiger partial charge in [-0.15, -0.1) is 0 Å². The van der Waals surface area contributed by atoms with Gasteiger partial charge in [-0.1, -0.05) is 66.3 Å². The fourth-order valence-corrected chi connectivity index (χ4v) is 3.26. The zero-order valence-corrected chi connectivity index (χ0v) is 13.9. The van der Waals surface area contributed by atoms with E-state index in [0.717, 1.165) is 5.56 Å². The average Bonchev–Trinajstić information content (AvgIpc) is 2.58. The van der Waals surface area contributed by atoms with Gasteiger partial charge in [-0.25, -0.2) is 0 Å². The summed E-state index contributed by atoms with van der Waals surface area (Å²) in [5, 5.41) is 10.3. The molecule has 0 amide bonds. The van der Waals surface area contributed by atoms with Gasteiger partial charge in [0.05, 0.1) is 0 Å². The van der Waals surface area contributed by atoms with E-state index in [1.807, 2.05) is 19.1 Å². The number of aromatic hydroxyl groups is 1. The van der Waals surface area contributed by atoms with Crippen LogP contribution in [0.5, 0.6) is 5.75 Å². The Morgan fingerprint density at radius 3 is 2.39 bits per heavy atom. The van der Waals surface area contributed by atoms with Gasteiger partial charge >= 0.3 is 0 Å². The molecule has 116 valence electrons. The Balaban J connectivity index is 2.26. The predicted octanol–water partition coefficient (Wildman–Crippen LogP) is 5.91. The Bertz CT molecular complexity index is 803. The first-order valence-electron chi connectivity index (χ1n) is 7.99. The topological polar surface area (TPSA) is 20.2 Å². The Morgan fingerprint density at radius 2 is 1.70 bits per heavy atom. The third-order valence-corrected chi connectivity index (χ3v) is 4.48. The summed E-state index contributed by atoms with van der Waals surface area (Å²) < 4.78 is 0. The lowest BCUT2D eigenvalue weighted by atomic mass is 9.79. The fourth-order valence-electron chi connectivity index (χ4n) is 3.26. The first-order valence-corrected chi connectivity index (χ1v) is 7.99. The Morgan fingerprint density at radius 1 is 0.957 bits per heavy atom. The van der Waals surface area contributed by atoms with E-state index in [9.17, 15) is 5.11 Å². The summed E-state index contributed by atoms with van der Waals surface area (Å²) in [6.07, 6.45) is 8.57. The molecule has 1 aliphatic carbocycles. The number of phenols is 1. The molecule has 1 atom stereocenters. The molecule has 1 N–H and O–H groups in total. The smallest absolute Gasteiger partial charge is 0.118 e. The highest BCUT2D eigenvalue weighted by Gasteiger charge is 2.22. The Hall–Kier alpha value is -2.54. The van der Waals surface area contributed by atoms with E-state index in [1.54, 1.807) is 6.07 Å². The summed E-state index contributed by atoms with van der Waals surface area (Å²) in [6.45, 7) is 6.30. The molecular weight excluding hydrogens is 280 g/mol. The van der Waals surface area contributed by atoms with Crippen molar-refractivity contribution in [3.8, 4) is 16.9 Å². The average molecular weight is 302 g/mol. The van der Waals surface area contributed by atoms with Crippen LogP contribution in [0, 0.1) is 6.92 Å². The normalized spacial score (nSPS) is 16.7. The largest absolute Gasteiger partial charge is 0.508 e. The molecule has 3 rings (SSSR count). The van der Waals surface area contributed by atoms with E-state index < -0.39 is 0 Å². The standard InChI is InChI=1S/C22H22O/c1-15(2)18-11-7-8-12-20(18)22-16(3)21(23)14-13-19(22)17-9-5-4-6-10-17/h4-14,20,23H,1-3H3. The molecule has 0 radical (unpaired) electrons. The molecular formula is C22H22O. The quantitative estimate of drug-likeness (QED) is 0.730. The molecule has 1 unspecified atom stereocenters. The van der Waals surface area contributed by atoms with Crippen molar-refractivity contribution < 1.29 is 5.11 Å². The van der Waals surface area contributed by atoms with Crippen LogP contribution in [-0.2, 0) is 0 Å². The lowest BCUT2D eigenvalue weighted by molar-refractivity contribution is 0.470. The maximum Gasteiger partial charge on any atom is 0.118 e. The molecule has 2 aromatic rings. The van der Waals surface area contributed by atoms with Crippen LogP contribution in [0.15, 0.2) is 77.9 Å². The van der Waals surface area contributed by atoms with E-state index >= 15 is 0 Å². The van der Waals surface area contributed by atoms with Gasteiger partial charge in [-0.3, -0.25) is 0 Å². The fraction of sp³-hybridized carbons (Fsp3) is 0.182. The zero-order valence-electron chi connectivity index (χ0n) is 13.9.